The third kappa shape index (κ3) is 2.36. The Balaban J connectivity index is 2.73. The van der Waals surface area contributed by atoms with Gasteiger partial charge in [-0.25, -0.2) is 4.79 Å². The van der Waals surface area contributed by atoms with Crippen molar-refractivity contribution in [1.29, 1.82) is 0 Å². The Morgan fingerprint density at radius 3 is 2.35 bits per heavy atom. The number of rotatable bonds is 3. The number of nitrogens with zero attached hydrogens (tertiary/aromatic N) is 1. The Kier molecular flexibility index (Phi) is 3.71. The molecule has 0 spiro atoms. The van der Waals surface area contributed by atoms with Gasteiger partial charge in [0.15, 0.2) is 0 Å². The van der Waals surface area contributed by atoms with Crippen LogP contribution in [0, 0.1) is 13.8 Å². The molecule has 3 nitrogen and oxygen atoms in total. The fraction of sp³-hybridized carbons (Fsp3) is 0.353. The number of hydrogen-bond donors (Lipinski definition) is 1. The predicted molar refractivity (Wildman–Crippen MR) is 81.4 cm³/mol. The van der Waals surface area contributed by atoms with E-state index in [0.717, 1.165) is 22.5 Å². The van der Waals surface area contributed by atoms with Gasteiger partial charge < -0.3 is 9.67 Å². The second-order valence-corrected chi connectivity index (χ2v) is 5.67. The summed E-state index contributed by atoms with van der Waals surface area (Å²) in [6.07, 6.45) is 0. The highest BCUT2D eigenvalue weighted by molar-refractivity contribution is 5.91. The summed E-state index contributed by atoms with van der Waals surface area (Å²) in [4.78, 5) is 11.5. The lowest BCUT2D eigenvalue weighted by Crippen LogP contribution is -2.06. The Bertz CT molecular complexity index is 666. The van der Waals surface area contributed by atoms with Crippen LogP contribution in [0.25, 0.3) is 11.3 Å². The number of carboxylic acids is 1. The van der Waals surface area contributed by atoms with Crippen LogP contribution < -0.4 is 0 Å². The largest absolute Gasteiger partial charge is 0.478 e. The molecule has 0 unspecified atom stereocenters. The number of benzene rings is 1. The van der Waals surface area contributed by atoms with Crippen molar-refractivity contribution in [3.63, 3.8) is 0 Å². The van der Waals surface area contributed by atoms with E-state index < -0.39 is 5.97 Å². The van der Waals surface area contributed by atoms with Crippen molar-refractivity contribution in [2.45, 2.75) is 33.6 Å². The SMILES string of the molecule is Cc1ccc(C)c(-c2cc(C(=O)O)c(C(C)C)n2C)c1. The maximum atomic E-state index is 11.5. The third-order valence-electron chi connectivity index (χ3n) is 3.73. The molecule has 1 heterocycles. The van der Waals surface area contributed by atoms with Crippen molar-refractivity contribution in [2.75, 3.05) is 0 Å². The van der Waals surface area contributed by atoms with Crippen molar-refractivity contribution in [2.24, 2.45) is 7.05 Å². The molecule has 0 aliphatic carbocycles. The van der Waals surface area contributed by atoms with E-state index in [-0.39, 0.29) is 5.92 Å². The van der Waals surface area contributed by atoms with Crippen LogP contribution in [0.3, 0.4) is 0 Å². The molecular formula is C17H21NO2. The smallest absolute Gasteiger partial charge is 0.337 e. The quantitative estimate of drug-likeness (QED) is 0.912. The second-order valence-electron chi connectivity index (χ2n) is 5.67. The first kappa shape index (κ1) is 14.4. The van der Waals surface area contributed by atoms with Crippen LogP contribution in [-0.4, -0.2) is 15.6 Å². The molecule has 0 fully saturated rings. The second kappa shape index (κ2) is 5.16. The van der Waals surface area contributed by atoms with Crippen LogP contribution in [0.1, 0.15) is 46.9 Å². The summed E-state index contributed by atoms with van der Waals surface area (Å²) < 4.78 is 2.01. The minimum Gasteiger partial charge on any atom is -0.478 e. The molecule has 0 aliphatic heterocycles. The van der Waals surface area contributed by atoms with Crippen molar-refractivity contribution in [3.8, 4) is 11.3 Å². The van der Waals surface area contributed by atoms with E-state index in [0.29, 0.717) is 5.56 Å². The van der Waals surface area contributed by atoms with Gasteiger partial charge in [-0.05, 0) is 37.5 Å². The van der Waals surface area contributed by atoms with Gasteiger partial charge in [0.25, 0.3) is 0 Å². The number of aromatic nitrogens is 1. The van der Waals surface area contributed by atoms with Crippen molar-refractivity contribution in [1.82, 2.24) is 4.57 Å². The molecule has 1 aromatic carbocycles. The predicted octanol–water partition coefficient (Wildman–Crippen LogP) is 4.13. The van der Waals surface area contributed by atoms with Crippen molar-refractivity contribution < 1.29 is 9.90 Å². The average molecular weight is 271 g/mol. The maximum Gasteiger partial charge on any atom is 0.337 e. The molecule has 3 heteroatoms. The van der Waals surface area contributed by atoms with Crippen LogP contribution in [-0.2, 0) is 7.05 Å². The minimum atomic E-state index is -0.860. The van der Waals surface area contributed by atoms with Crippen LogP contribution >= 0.6 is 0 Å². The Labute approximate surface area is 119 Å². The number of carbonyl (C=O) groups is 1. The lowest BCUT2D eigenvalue weighted by atomic mass is 10.0. The molecule has 2 aromatic rings. The van der Waals surface area contributed by atoms with Crippen molar-refractivity contribution >= 4 is 5.97 Å². The van der Waals surface area contributed by atoms with E-state index in [4.69, 9.17) is 0 Å². The van der Waals surface area contributed by atoms with E-state index in [2.05, 4.69) is 25.1 Å². The first-order chi connectivity index (χ1) is 9.32. The molecule has 1 aromatic heterocycles. The zero-order valence-electron chi connectivity index (χ0n) is 12.7. The van der Waals surface area contributed by atoms with Gasteiger partial charge in [-0.3, -0.25) is 0 Å². The van der Waals surface area contributed by atoms with Crippen LogP contribution in [0.15, 0.2) is 24.3 Å². The van der Waals surface area contributed by atoms with E-state index in [9.17, 15) is 9.90 Å². The maximum absolute atomic E-state index is 11.5. The number of carboxylic acid groups (broad SMARTS) is 1. The minimum absolute atomic E-state index is 0.171. The molecule has 0 saturated heterocycles. The molecule has 0 radical (unpaired) electrons. The highest BCUT2D eigenvalue weighted by Crippen LogP contribution is 2.31. The van der Waals surface area contributed by atoms with Crippen LogP contribution in [0.4, 0.5) is 0 Å². The van der Waals surface area contributed by atoms with E-state index in [1.807, 2.05) is 32.4 Å². The summed E-state index contributed by atoms with van der Waals surface area (Å²) in [7, 11) is 1.94. The molecule has 20 heavy (non-hydrogen) atoms. The topological polar surface area (TPSA) is 42.2 Å². The Morgan fingerprint density at radius 2 is 1.85 bits per heavy atom. The lowest BCUT2D eigenvalue weighted by Gasteiger charge is -2.13. The summed E-state index contributed by atoms with van der Waals surface area (Å²) in [5.41, 5.74) is 5.67. The Hall–Kier alpha value is -2.03. The van der Waals surface area contributed by atoms with E-state index in [1.54, 1.807) is 6.07 Å². The first-order valence-electron chi connectivity index (χ1n) is 6.83. The summed E-state index contributed by atoms with van der Waals surface area (Å²) in [6.45, 7) is 8.15. The van der Waals surface area contributed by atoms with E-state index >= 15 is 0 Å². The van der Waals surface area contributed by atoms with Crippen LogP contribution in [0.2, 0.25) is 0 Å². The normalized spacial score (nSPS) is 11.1. The molecule has 2 rings (SSSR count). The standard InChI is InChI=1S/C17H21NO2/c1-10(2)16-14(17(19)20)9-15(18(16)5)13-8-11(3)6-7-12(13)4/h6-10H,1-5H3,(H,19,20). The first-order valence-corrected chi connectivity index (χ1v) is 6.83. The monoisotopic (exact) mass is 271 g/mol. The van der Waals surface area contributed by atoms with Gasteiger partial charge in [-0.15, -0.1) is 0 Å². The summed E-state index contributed by atoms with van der Waals surface area (Å²) in [5, 5.41) is 9.41. The van der Waals surface area contributed by atoms with Gasteiger partial charge >= 0.3 is 5.97 Å². The third-order valence-corrected chi connectivity index (χ3v) is 3.73. The number of aromatic carboxylic acids is 1. The average Bonchev–Trinajstić information content (AvgIpc) is 2.70. The van der Waals surface area contributed by atoms with Gasteiger partial charge in [0.05, 0.1) is 5.56 Å². The lowest BCUT2D eigenvalue weighted by molar-refractivity contribution is 0.0695. The fourth-order valence-electron chi connectivity index (χ4n) is 2.76. The zero-order chi connectivity index (χ0) is 15.0. The Morgan fingerprint density at radius 1 is 1.20 bits per heavy atom. The van der Waals surface area contributed by atoms with Gasteiger partial charge in [0.2, 0.25) is 0 Å². The molecule has 0 amide bonds. The zero-order valence-corrected chi connectivity index (χ0v) is 12.7. The van der Waals surface area contributed by atoms with Crippen LogP contribution in [0.5, 0.6) is 0 Å². The highest BCUT2D eigenvalue weighted by atomic mass is 16.4. The highest BCUT2D eigenvalue weighted by Gasteiger charge is 2.21. The molecule has 106 valence electrons. The molecule has 0 aliphatic rings. The van der Waals surface area contributed by atoms with Gasteiger partial charge in [0.1, 0.15) is 0 Å². The molecule has 0 atom stereocenters. The van der Waals surface area contributed by atoms with E-state index in [1.165, 1.54) is 5.56 Å². The van der Waals surface area contributed by atoms with Crippen molar-refractivity contribution in [3.05, 3.63) is 46.6 Å². The summed E-state index contributed by atoms with van der Waals surface area (Å²) in [5.74, 6) is -0.689. The molecule has 0 bridgehead atoms. The number of hydrogen-bond acceptors (Lipinski definition) is 1. The fourth-order valence-corrected chi connectivity index (χ4v) is 2.76. The van der Waals surface area contributed by atoms with Gasteiger partial charge in [0, 0.05) is 24.0 Å². The summed E-state index contributed by atoms with van der Waals surface area (Å²) >= 11 is 0. The molecular weight excluding hydrogens is 250 g/mol. The summed E-state index contributed by atoms with van der Waals surface area (Å²) in [6, 6.07) is 8.05. The van der Waals surface area contributed by atoms with Gasteiger partial charge in [-0.2, -0.15) is 0 Å². The molecule has 0 saturated carbocycles. The number of aryl methyl sites for hydroxylation is 2. The molecule has 1 N–H and O–H groups in total. The van der Waals surface area contributed by atoms with Gasteiger partial charge in [-0.1, -0.05) is 31.5 Å².